The van der Waals surface area contributed by atoms with E-state index in [2.05, 4.69) is 4.72 Å². The van der Waals surface area contributed by atoms with E-state index in [1.165, 1.54) is 0 Å². The quantitative estimate of drug-likeness (QED) is 0.635. The van der Waals surface area contributed by atoms with Gasteiger partial charge in [-0.2, -0.15) is 0 Å². The third-order valence-electron chi connectivity index (χ3n) is 0.983. The van der Waals surface area contributed by atoms with Crippen LogP contribution in [0.15, 0.2) is 0 Å². The van der Waals surface area contributed by atoms with Crippen molar-refractivity contribution in [2.75, 3.05) is 12.3 Å². The van der Waals surface area contributed by atoms with Crippen LogP contribution in [0, 0.1) is 5.41 Å². The number of carbonyl (C=O) groups is 1. The first kappa shape index (κ1) is 10.8. The van der Waals surface area contributed by atoms with Crippen LogP contribution in [0.2, 0.25) is 0 Å². The molecule has 4 heteroatoms. The van der Waals surface area contributed by atoms with Crippen molar-refractivity contribution in [1.82, 2.24) is 4.72 Å². The molecule has 1 atom stereocenters. The van der Waals surface area contributed by atoms with E-state index in [0.29, 0.717) is 12.8 Å². The molecular weight excluding hydrogens is 162 g/mol. The van der Waals surface area contributed by atoms with E-state index in [1.807, 2.05) is 20.8 Å². The average Bonchev–Trinajstić information content (AvgIpc) is 1.83. The maximum Gasteiger partial charge on any atom is 0.133 e. The number of rotatable bonds is 4. The first-order valence-electron chi connectivity index (χ1n) is 3.51. The second-order valence-corrected chi connectivity index (χ2v) is 4.87. The third-order valence-corrected chi connectivity index (χ3v) is 1.89. The van der Waals surface area contributed by atoms with Gasteiger partial charge in [0.05, 0.1) is 16.7 Å². The monoisotopic (exact) mass is 177 g/mol. The second-order valence-electron chi connectivity index (χ2n) is 3.56. The molecular formula is C7H15NO2S. The Kier molecular flexibility index (Phi) is 4.52. The summed E-state index contributed by atoms with van der Waals surface area (Å²) >= 11 is 0. The molecule has 0 heterocycles. The van der Waals surface area contributed by atoms with Crippen molar-refractivity contribution in [2.24, 2.45) is 5.41 Å². The van der Waals surface area contributed by atoms with E-state index < -0.39 is 11.0 Å². The normalized spacial score (nSPS) is 14.5. The van der Waals surface area contributed by atoms with Gasteiger partial charge in [-0.25, -0.2) is 8.93 Å². The number of nitrogens with one attached hydrogen (secondary N) is 1. The summed E-state index contributed by atoms with van der Waals surface area (Å²) in [5, 5.41) is 0. The molecule has 0 saturated heterocycles. The Balaban J connectivity index is 3.54. The van der Waals surface area contributed by atoms with Crippen LogP contribution in [0.4, 0.5) is 0 Å². The van der Waals surface area contributed by atoms with Gasteiger partial charge in [-0.05, 0) is 5.41 Å². The standard InChI is InChI=1S/C7H15NO2S/c1-7(2,3)6-8-11(10)5-4-9/h4,8H,5-6H2,1-3H3. The highest BCUT2D eigenvalue weighted by atomic mass is 32.2. The zero-order valence-electron chi connectivity index (χ0n) is 7.22. The Hall–Kier alpha value is -0.220. The van der Waals surface area contributed by atoms with Gasteiger partial charge in [-0.3, -0.25) is 0 Å². The molecule has 0 aromatic heterocycles. The highest BCUT2D eigenvalue weighted by Crippen LogP contribution is 2.10. The fraction of sp³-hybridized carbons (Fsp3) is 0.857. The van der Waals surface area contributed by atoms with Crippen LogP contribution in [0.5, 0.6) is 0 Å². The molecule has 0 radical (unpaired) electrons. The topological polar surface area (TPSA) is 46.2 Å². The van der Waals surface area contributed by atoms with E-state index >= 15 is 0 Å². The van der Waals surface area contributed by atoms with Gasteiger partial charge < -0.3 is 4.79 Å². The van der Waals surface area contributed by atoms with E-state index in [9.17, 15) is 9.00 Å². The Morgan fingerprint density at radius 3 is 2.36 bits per heavy atom. The summed E-state index contributed by atoms with van der Waals surface area (Å²) in [5.74, 6) is 0.0794. The minimum Gasteiger partial charge on any atom is -0.302 e. The van der Waals surface area contributed by atoms with Crippen LogP contribution in [0.3, 0.4) is 0 Å². The highest BCUT2D eigenvalue weighted by molar-refractivity contribution is 7.83. The molecule has 11 heavy (non-hydrogen) atoms. The summed E-state index contributed by atoms with van der Waals surface area (Å²) in [7, 11) is -1.18. The third kappa shape index (κ3) is 7.68. The van der Waals surface area contributed by atoms with Crippen molar-refractivity contribution in [3.63, 3.8) is 0 Å². The maximum atomic E-state index is 10.9. The van der Waals surface area contributed by atoms with Crippen molar-refractivity contribution in [3.05, 3.63) is 0 Å². The molecule has 0 aromatic carbocycles. The van der Waals surface area contributed by atoms with E-state index in [1.54, 1.807) is 0 Å². The molecule has 0 aliphatic carbocycles. The second kappa shape index (κ2) is 4.62. The molecule has 0 bridgehead atoms. The predicted molar refractivity (Wildman–Crippen MR) is 46.5 cm³/mol. The fourth-order valence-electron chi connectivity index (χ4n) is 0.418. The summed E-state index contributed by atoms with van der Waals surface area (Å²) in [5.41, 5.74) is 0.110. The van der Waals surface area contributed by atoms with Crippen LogP contribution in [0.25, 0.3) is 0 Å². The Labute approximate surface area is 70.1 Å². The average molecular weight is 177 g/mol. The molecule has 0 spiro atoms. The number of carbonyl (C=O) groups excluding carboxylic acids is 1. The molecule has 0 aliphatic rings. The van der Waals surface area contributed by atoms with E-state index in [4.69, 9.17) is 0 Å². The molecule has 1 unspecified atom stereocenters. The highest BCUT2D eigenvalue weighted by Gasteiger charge is 2.10. The summed E-state index contributed by atoms with van der Waals surface area (Å²) in [6, 6.07) is 0. The summed E-state index contributed by atoms with van der Waals surface area (Å²) < 4.78 is 13.6. The Bertz CT molecular complexity index is 151. The predicted octanol–water partition coefficient (Wildman–Crippen LogP) is 0.485. The first-order valence-corrected chi connectivity index (χ1v) is 4.83. The molecule has 0 amide bonds. The Morgan fingerprint density at radius 2 is 2.00 bits per heavy atom. The van der Waals surface area contributed by atoms with Crippen LogP contribution in [-0.4, -0.2) is 22.8 Å². The molecule has 0 saturated carbocycles. The van der Waals surface area contributed by atoms with Crippen LogP contribution in [-0.2, 0) is 15.8 Å². The van der Waals surface area contributed by atoms with Crippen LogP contribution >= 0.6 is 0 Å². The van der Waals surface area contributed by atoms with Crippen molar-refractivity contribution in [1.29, 1.82) is 0 Å². The van der Waals surface area contributed by atoms with Crippen molar-refractivity contribution in [3.8, 4) is 0 Å². The molecule has 1 N–H and O–H groups in total. The van der Waals surface area contributed by atoms with E-state index in [-0.39, 0.29) is 11.2 Å². The molecule has 0 aromatic rings. The minimum absolute atomic E-state index is 0.0794. The summed E-state index contributed by atoms with van der Waals surface area (Å²) in [4.78, 5) is 9.91. The molecule has 66 valence electrons. The van der Waals surface area contributed by atoms with Gasteiger partial charge in [-0.15, -0.1) is 0 Å². The van der Waals surface area contributed by atoms with Gasteiger partial charge in [0.2, 0.25) is 0 Å². The smallest absolute Gasteiger partial charge is 0.133 e. The summed E-state index contributed by atoms with van der Waals surface area (Å²) in [6.45, 7) is 6.78. The van der Waals surface area contributed by atoms with Gasteiger partial charge in [0.15, 0.2) is 0 Å². The van der Waals surface area contributed by atoms with Crippen molar-refractivity contribution >= 4 is 17.3 Å². The largest absolute Gasteiger partial charge is 0.302 e. The van der Waals surface area contributed by atoms with Gasteiger partial charge in [-0.1, -0.05) is 20.8 Å². The lowest BCUT2D eigenvalue weighted by molar-refractivity contribution is -0.105. The van der Waals surface area contributed by atoms with Gasteiger partial charge in [0.25, 0.3) is 0 Å². The lowest BCUT2D eigenvalue weighted by Gasteiger charge is -2.17. The SMILES string of the molecule is CC(C)(C)CNS(=O)CC=O. The lowest BCUT2D eigenvalue weighted by atomic mass is 9.98. The van der Waals surface area contributed by atoms with Gasteiger partial charge >= 0.3 is 0 Å². The summed E-state index contributed by atoms with van der Waals surface area (Å²) in [6.07, 6.45) is 0.659. The number of aldehydes is 1. The van der Waals surface area contributed by atoms with Gasteiger partial charge in [0, 0.05) is 6.54 Å². The number of hydrogen-bond donors (Lipinski definition) is 1. The molecule has 3 nitrogen and oxygen atoms in total. The van der Waals surface area contributed by atoms with Crippen molar-refractivity contribution < 1.29 is 9.00 Å². The first-order chi connectivity index (χ1) is 4.95. The maximum absolute atomic E-state index is 10.9. The van der Waals surface area contributed by atoms with Gasteiger partial charge in [0.1, 0.15) is 6.29 Å². The minimum atomic E-state index is -1.18. The zero-order chi connectivity index (χ0) is 8.91. The van der Waals surface area contributed by atoms with E-state index in [0.717, 1.165) is 0 Å². The zero-order valence-corrected chi connectivity index (χ0v) is 8.03. The Morgan fingerprint density at radius 1 is 1.45 bits per heavy atom. The fourth-order valence-corrected chi connectivity index (χ4v) is 1.25. The van der Waals surface area contributed by atoms with Crippen molar-refractivity contribution in [2.45, 2.75) is 20.8 Å². The molecule has 0 rings (SSSR count). The molecule has 0 fully saturated rings. The van der Waals surface area contributed by atoms with Crippen LogP contribution < -0.4 is 4.72 Å². The number of hydrogen-bond acceptors (Lipinski definition) is 2. The van der Waals surface area contributed by atoms with Crippen LogP contribution in [0.1, 0.15) is 20.8 Å². The molecule has 0 aliphatic heterocycles. The lowest BCUT2D eigenvalue weighted by Crippen LogP contribution is -2.30.